The van der Waals surface area contributed by atoms with Gasteiger partial charge in [0.25, 0.3) is 0 Å². The summed E-state index contributed by atoms with van der Waals surface area (Å²) in [6, 6.07) is 17.2. The average molecular weight is 236 g/mol. The molecule has 2 N–H and O–H groups in total. The van der Waals surface area contributed by atoms with Crippen molar-refractivity contribution < 1.29 is 4.74 Å². The third-order valence-electron chi connectivity index (χ3n) is 2.72. The molecule has 3 heteroatoms. The number of anilines is 1. The standard InChI is InChI=1S/C15H12N2O/c16-13-5-1-2-6-15(13)18-12-8-7-11-4-3-9-17-14(11)10-12/h1-10H,16H2. The first kappa shape index (κ1) is 10.6. The Morgan fingerprint density at radius 1 is 0.944 bits per heavy atom. The zero-order chi connectivity index (χ0) is 12.4. The van der Waals surface area contributed by atoms with Crippen LogP contribution in [0, 0.1) is 0 Å². The Hall–Kier alpha value is -2.55. The second-order valence-electron chi connectivity index (χ2n) is 4.00. The second kappa shape index (κ2) is 4.37. The molecule has 18 heavy (non-hydrogen) atoms. The van der Waals surface area contributed by atoms with E-state index in [1.807, 2.05) is 54.6 Å². The van der Waals surface area contributed by atoms with Crippen LogP contribution in [0.2, 0.25) is 0 Å². The fourth-order valence-corrected chi connectivity index (χ4v) is 1.81. The molecule has 0 aliphatic heterocycles. The Morgan fingerprint density at radius 3 is 2.72 bits per heavy atom. The van der Waals surface area contributed by atoms with Crippen LogP contribution in [0.1, 0.15) is 0 Å². The fraction of sp³-hybridized carbons (Fsp3) is 0. The zero-order valence-electron chi connectivity index (χ0n) is 9.71. The van der Waals surface area contributed by atoms with Crippen molar-refractivity contribution in [2.45, 2.75) is 0 Å². The van der Waals surface area contributed by atoms with Gasteiger partial charge in [-0.05, 0) is 30.3 Å². The number of fused-ring (bicyclic) bond motifs is 1. The van der Waals surface area contributed by atoms with E-state index in [9.17, 15) is 0 Å². The van der Waals surface area contributed by atoms with Gasteiger partial charge in [0.1, 0.15) is 11.5 Å². The molecule has 0 atom stereocenters. The van der Waals surface area contributed by atoms with Gasteiger partial charge in [0, 0.05) is 17.6 Å². The normalized spacial score (nSPS) is 10.4. The minimum absolute atomic E-state index is 0.624. The van der Waals surface area contributed by atoms with Crippen LogP contribution in [0.15, 0.2) is 60.8 Å². The minimum Gasteiger partial charge on any atom is -0.455 e. The molecule has 3 rings (SSSR count). The summed E-state index contributed by atoms with van der Waals surface area (Å²) in [7, 11) is 0. The van der Waals surface area contributed by atoms with Crippen LogP contribution in [-0.4, -0.2) is 4.98 Å². The average Bonchev–Trinajstić information content (AvgIpc) is 2.41. The van der Waals surface area contributed by atoms with Gasteiger partial charge >= 0.3 is 0 Å². The molecule has 0 fully saturated rings. The Balaban J connectivity index is 1.98. The van der Waals surface area contributed by atoms with Crippen LogP contribution in [0.5, 0.6) is 11.5 Å². The molecule has 0 aliphatic carbocycles. The van der Waals surface area contributed by atoms with Crippen molar-refractivity contribution in [2.24, 2.45) is 0 Å². The van der Waals surface area contributed by atoms with Crippen molar-refractivity contribution in [3.05, 3.63) is 60.8 Å². The molecule has 0 aliphatic rings. The Kier molecular flexibility index (Phi) is 2.57. The quantitative estimate of drug-likeness (QED) is 0.691. The number of hydrogen-bond donors (Lipinski definition) is 1. The smallest absolute Gasteiger partial charge is 0.150 e. The van der Waals surface area contributed by atoms with E-state index < -0.39 is 0 Å². The van der Waals surface area contributed by atoms with Gasteiger partial charge in [-0.2, -0.15) is 0 Å². The summed E-state index contributed by atoms with van der Waals surface area (Å²) in [5, 5.41) is 1.09. The fourth-order valence-electron chi connectivity index (χ4n) is 1.81. The summed E-state index contributed by atoms with van der Waals surface area (Å²) >= 11 is 0. The summed E-state index contributed by atoms with van der Waals surface area (Å²) < 4.78 is 5.75. The lowest BCUT2D eigenvalue weighted by Crippen LogP contribution is -1.91. The molecule has 0 bridgehead atoms. The van der Waals surface area contributed by atoms with Gasteiger partial charge in [-0.3, -0.25) is 4.98 Å². The van der Waals surface area contributed by atoms with E-state index in [-0.39, 0.29) is 0 Å². The third kappa shape index (κ3) is 1.98. The number of para-hydroxylation sites is 2. The lowest BCUT2D eigenvalue weighted by molar-refractivity contribution is 0.486. The number of hydrogen-bond acceptors (Lipinski definition) is 3. The number of nitrogens with zero attached hydrogens (tertiary/aromatic N) is 1. The highest BCUT2D eigenvalue weighted by Crippen LogP contribution is 2.28. The monoisotopic (exact) mass is 236 g/mol. The highest BCUT2D eigenvalue weighted by molar-refractivity contribution is 5.79. The lowest BCUT2D eigenvalue weighted by atomic mass is 10.2. The van der Waals surface area contributed by atoms with Gasteiger partial charge in [0.05, 0.1) is 11.2 Å². The second-order valence-corrected chi connectivity index (χ2v) is 4.00. The molecule has 0 radical (unpaired) electrons. The van der Waals surface area contributed by atoms with Crippen LogP contribution < -0.4 is 10.5 Å². The van der Waals surface area contributed by atoms with Crippen molar-refractivity contribution in [3.63, 3.8) is 0 Å². The van der Waals surface area contributed by atoms with Crippen LogP contribution in [0.3, 0.4) is 0 Å². The first-order chi connectivity index (χ1) is 8.83. The maximum Gasteiger partial charge on any atom is 0.150 e. The van der Waals surface area contributed by atoms with E-state index in [2.05, 4.69) is 4.98 Å². The van der Waals surface area contributed by atoms with Gasteiger partial charge in [-0.1, -0.05) is 18.2 Å². The highest BCUT2D eigenvalue weighted by atomic mass is 16.5. The van der Waals surface area contributed by atoms with Gasteiger partial charge in [0.2, 0.25) is 0 Å². The zero-order valence-corrected chi connectivity index (χ0v) is 9.71. The number of aromatic nitrogens is 1. The van der Waals surface area contributed by atoms with Gasteiger partial charge in [-0.25, -0.2) is 0 Å². The third-order valence-corrected chi connectivity index (χ3v) is 2.72. The summed E-state index contributed by atoms with van der Waals surface area (Å²) in [6.07, 6.45) is 1.77. The van der Waals surface area contributed by atoms with Crippen LogP contribution in [-0.2, 0) is 0 Å². The van der Waals surface area contributed by atoms with Crippen molar-refractivity contribution >= 4 is 16.6 Å². The molecule has 0 unspecified atom stereocenters. The number of pyridine rings is 1. The van der Waals surface area contributed by atoms with E-state index in [1.165, 1.54) is 0 Å². The minimum atomic E-state index is 0.624. The lowest BCUT2D eigenvalue weighted by Gasteiger charge is -2.08. The van der Waals surface area contributed by atoms with Crippen molar-refractivity contribution in [1.29, 1.82) is 0 Å². The van der Waals surface area contributed by atoms with Crippen molar-refractivity contribution in [3.8, 4) is 11.5 Å². The first-order valence-electron chi connectivity index (χ1n) is 5.70. The number of ether oxygens (including phenoxy) is 1. The van der Waals surface area contributed by atoms with E-state index in [1.54, 1.807) is 6.20 Å². The molecular formula is C15H12N2O. The molecule has 88 valence electrons. The Morgan fingerprint density at radius 2 is 1.83 bits per heavy atom. The maximum atomic E-state index is 5.84. The molecule has 2 aromatic carbocycles. The SMILES string of the molecule is Nc1ccccc1Oc1ccc2cccnc2c1. The van der Waals surface area contributed by atoms with Gasteiger partial charge in [0.15, 0.2) is 0 Å². The molecule has 0 spiro atoms. The predicted molar refractivity (Wildman–Crippen MR) is 72.7 cm³/mol. The Bertz CT molecular complexity index is 695. The van der Waals surface area contributed by atoms with E-state index in [0.717, 1.165) is 16.7 Å². The predicted octanol–water partition coefficient (Wildman–Crippen LogP) is 3.61. The van der Waals surface area contributed by atoms with Gasteiger partial charge in [-0.15, -0.1) is 0 Å². The van der Waals surface area contributed by atoms with Crippen molar-refractivity contribution in [2.75, 3.05) is 5.73 Å². The van der Waals surface area contributed by atoms with Crippen LogP contribution in [0.4, 0.5) is 5.69 Å². The molecular weight excluding hydrogens is 224 g/mol. The molecule has 0 amide bonds. The van der Waals surface area contributed by atoms with E-state index in [4.69, 9.17) is 10.5 Å². The molecule has 0 saturated heterocycles. The maximum absolute atomic E-state index is 5.84. The number of nitrogens with two attached hydrogens (primary N) is 1. The van der Waals surface area contributed by atoms with E-state index >= 15 is 0 Å². The molecule has 3 nitrogen and oxygen atoms in total. The van der Waals surface area contributed by atoms with E-state index in [0.29, 0.717) is 11.4 Å². The highest BCUT2D eigenvalue weighted by Gasteiger charge is 2.02. The number of nitrogen functional groups attached to an aromatic ring is 1. The van der Waals surface area contributed by atoms with Crippen LogP contribution in [0.25, 0.3) is 10.9 Å². The van der Waals surface area contributed by atoms with Crippen molar-refractivity contribution in [1.82, 2.24) is 4.98 Å². The molecule has 0 saturated carbocycles. The summed E-state index contributed by atoms with van der Waals surface area (Å²) in [4.78, 5) is 4.29. The Labute approximate surface area is 105 Å². The number of benzene rings is 2. The van der Waals surface area contributed by atoms with Crippen LogP contribution >= 0.6 is 0 Å². The van der Waals surface area contributed by atoms with Gasteiger partial charge < -0.3 is 10.5 Å². The topological polar surface area (TPSA) is 48.1 Å². The first-order valence-corrected chi connectivity index (χ1v) is 5.70. The number of rotatable bonds is 2. The largest absolute Gasteiger partial charge is 0.455 e. The summed E-state index contributed by atoms with van der Waals surface area (Å²) in [6.45, 7) is 0. The molecule has 1 aromatic heterocycles. The summed E-state index contributed by atoms with van der Waals surface area (Å²) in [5.41, 5.74) is 7.37. The summed E-state index contributed by atoms with van der Waals surface area (Å²) in [5.74, 6) is 1.40. The molecule has 1 heterocycles. The molecule has 3 aromatic rings.